The average molecular weight is 427 g/mol. The fraction of sp³-hybridized carbons (Fsp3) is 0.158. The van der Waals surface area contributed by atoms with Crippen LogP contribution in [0.5, 0.6) is 0 Å². The Morgan fingerprint density at radius 1 is 1.26 bits per heavy atom. The van der Waals surface area contributed by atoms with E-state index in [1.165, 1.54) is 0 Å². The van der Waals surface area contributed by atoms with E-state index in [1.807, 2.05) is 12.1 Å². The van der Waals surface area contributed by atoms with Crippen molar-refractivity contribution in [2.45, 2.75) is 12.5 Å². The van der Waals surface area contributed by atoms with E-state index >= 15 is 0 Å². The smallest absolute Gasteiger partial charge is 0.325 e. The third kappa shape index (κ3) is 3.68. The zero-order valence-electron chi connectivity index (χ0n) is 14.3. The van der Waals surface area contributed by atoms with Crippen LogP contribution in [-0.2, 0) is 15.1 Å². The maximum Gasteiger partial charge on any atom is 0.325 e. The first-order chi connectivity index (χ1) is 12.8. The van der Waals surface area contributed by atoms with Gasteiger partial charge in [-0.15, -0.1) is 0 Å². The minimum atomic E-state index is -1.24. The molecular weight excluding hydrogens is 412 g/mol. The highest BCUT2D eigenvalue weighted by Gasteiger charge is 2.49. The first-order valence-electron chi connectivity index (χ1n) is 8.03. The lowest BCUT2D eigenvalue weighted by Crippen LogP contribution is -2.42. The quantitative estimate of drug-likeness (QED) is 0.733. The van der Waals surface area contributed by atoms with Gasteiger partial charge < -0.3 is 10.6 Å². The topological polar surface area (TPSA) is 102 Å². The van der Waals surface area contributed by atoms with Crippen molar-refractivity contribution >= 4 is 39.5 Å². The van der Waals surface area contributed by atoms with Crippen LogP contribution in [0.1, 0.15) is 18.1 Å². The van der Waals surface area contributed by atoms with Crippen LogP contribution in [0.2, 0.25) is 0 Å². The number of benzene rings is 2. The number of amides is 4. The van der Waals surface area contributed by atoms with Gasteiger partial charge in [0.2, 0.25) is 5.91 Å². The molecule has 8 heteroatoms. The Morgan fingerprint density at radius 3 is 2.59 bits per heavy atom. The van der Waals surface area contributed by atoms with E-state index in [9.17, 15) is 14.4 Å². The summed E-state index contributed by atoms with van der Waals surface area (Å²) < 4.78 is 0.778. The van der Waals surface area contributed by atoms with Gasteiger partial charge in [-0.1, -0.05) is 28.1 Å². The highest BCUT2D eigenvalue weighted by atomic mass is 79.9. The molecule has 0 aliphatic carbocycles. The van der Waals surface area contributed by atoms with E-state index in [2.05, 4.69) is 26.6 Å². The molecule has 1 atom stereocenters. The van der Waals surface area contributed by atoms with Crippen molar-refractivity contribution in [1.82, 2.24) is 10.2 Å². The van der Waals surface area contributed by atoms with Crippen LogP contribution in [0.3, 0.4) is 0 Å². The number of rotatable bonds is 4. The SMILES string of the molecule is C[C@]1(c2cccc(Br)c2)NC(=O)N(CC(=O)Nc2ccc(C#N)cc2)C1=O. The molecule has 0 bridgehead atoms. The fourth-order valence-corrected chi connectivity index (χ4v) is 3.21. The zero-order chi connectivity index (χ0) is 19.6. The van der Waals surface area contributed by atoms with Gasteiger partial charge in [-0.2, -0.15) is 5.26 Å². The highest BCUT2D eigenvalue weighted by molar-refractivity contribution is 9.10. The number of carbonyl (C=O) groups is 3. The highest BCUT2D eigenvalue weighted by Crippen LogP contribution is 2.30. The number of nitrogens with one attached hydrogen (secondary N) is 2. The van der Waals surface area contributed by atoms with Crippen molar-refractivity contribution in [2.24, 2.45) is 0 Å². The summed E-state index contributed by atoms with van der Waals surface area (Å²) in [6.07, 6.45) is 0. The van der Waals surface area contributed by atoms with E-state index in [-0.39, 0.29) is 0 Å². The molecule has 0 aromatic heterocycles. The largest absolute Gasteiger partial charge is 0.325 e. The number of halogens is 1. The number of nitrogens with zero attached hydrogens (tertiary/aromatic N) is 2. The first-order valence-corrected chi connectivity index (χ1v) is 8.83. The lowest BCUT2D eigenvalue weighted by Gasteiger charge is -2.22. The summed E-state index contributed by atoms with van der Waals surface area (Å²) in [5, 5.41) is 14.1. The van der Waals surface area contributed by atoms with Crippen molar-refractivity contribution in [1.29, 1.82) is 5.26 Å². The Labute approximate surface area is 164 Å². The minimum Gasteiger partial charge on any atom is -0.325 e. The molecule has 1 aliphatic rings. The van der Waals surface area contributed by atoms with Crippen LogP contribution < -0.4 is 10.6 Å². The predicted molar refractivity (Wildman–Crippen MR) is 102 cm³/mol. The molecule has 2 aromatic carbocycles. The van der Waals surface area contributed by atoms with Crippen molar-refractivity contribution < 1.29 is 14.4 Å². The summed E-state index contributed by atoms with van der Waals surface area (Å²) in [6, 6.07) is 14.7. The zero-order valence-corrected chi connectivity index (χ0v) is 15.9. The Bertz CT molecular complexity index is 968. The van der Waals surface area contributed by atoms with E-state index < -0.39 is 29.9 Å². The molecule has 4 amide bonds. The number of urea groups is 1. The number of hydrogen-bond acceptors (Lipinski definition) is 4. The summed E-state index contributed by atoms with van der Waals surface area (Å²) in [5.41, 5.74) is 0.313. The van der Waals surface area contributed by atoms with Gasteiger partial charge in [0, 0.05) is 10.2 Å². The number of carbonyl (C=O) groups excluding carboxylic acids is 3. The molecule has 1 fully saturated rings. The van der Waals surface area contributed by atoms with Gasteiger partial charge in [0.15, 0.2) is 0 Å². The molecular formula is C19H15BrN4O3. The summed E-state index contributed by atoms with van der Waals surface area (Å²) in [7, 11) is 0. The van der Waals surface area contributed by atoms with Crippen LogP contribution in [0.4, 0.5) is 10.5 Å². The van der Waals surface area contributed by atoms with Crippen molar-refractivity contribution in [3.05, 3.63) is 64.1 Å². The van der Waals surface area contributed by atoms with Gasteiger partial charge >= 0.3 is 6.03 Å². The molecule has 2 N–H and O–H groups in total. The maximum atomic E-state index is 12.8. The standard InChI is InChI=1S/C19H15BrN4O3/c1-19(13-3-2-4-14(20)9-13)17(26)24(18(27)23-19)11-16(25)22-15-7-5-12(10-21)6-8-15/h2-9H,11H2,1H3,(H,22,25)(H,23,27)/t19-/m1/s1. The van der Waals surface area contributed by atoms with Crippen LogP contribution in [0.15, 0.2) is 53.0 Å². The normalized spacial score (nSPS) is 18.8. The second-order valence-corrected chi connectivity index (χ2v) is 7.11. The Hall–Kier alpha value is -3.18. The van der Waals surface area contributed by atoms with Gasteiger partial charge in [-0.3, -0.25) is 14.5 Å². The molecule has 7 nitrogen and oxygen atoms in total. The Balaban J connectivity index is 1.73. The monoisotopic (exact) mass is 426 g/mol. The second-order valence-electron chi connectivity index (χ2n) is 6.19. The predicted octanol–water partition coefficient (Wildman–Crippen LogP) is 2.73. The molecule has 1 aliphatic heterocycles. The molecule has 136 valence electrons. The van der Waals surface area contributed by atoms with Gasteiger partial charge in [0.25, 0.3) is 5.91 Å². The van der Waals surface area contributed by atoms with Crippen LogP contribution in [0.25, 0.3) is 0 Å². The average Bonchev–Trinajstić information content (AvgIpc) is 2.86. The second kappa shape index (κ2) is 7.21. The van der Waals surface area contributed by atoms with Crippen molar-refractivity contribution in [3.8, 4) is 6.07 Å². The number of nitriles is 1. The third-order valence-electron chi connectivity index (χ3n) is 4.28. The number of imide groups is 1. The fourth-order valence-electron chi connectivity index (χ4n) is 2.81. The van der Waals surface area contributed by atoms with Gasteiger partial charge in [-0.25, -0.2) is 4.79 Å². The molecule has 1 heterocycles. The molecule has 3 rings (SSSR count). The maximum absolute atomic E-state index is 12.8. The lowest BCUT2D eigenvalue weighted by atomic mass is 9.92. The molecule has 0 radical (unpaired) electrons. The van der Waals surface area contributed by atoms with Gasteiger partial charge in [0.1, 0.15) is 12.1 Å². The van der Waals surface area contributed by atoms with E-state index in [0.29, 0.717) is 16.8 Å². The summed E-state index contributed by atoms with van der Waals surface area (Å²) in [4.78, 5) is 38.3. The van der Waals surface area contributed by atoms with E-state index in [0.717, 1.165) is 9.37 Å². The third-order valence-corrected chi connectivity index (χ3v) is 4.77. The summed E-state index contributed by atoms with van der Waals surface area (Å²) in [5.74, 6) is -1.01. The van der Waals surface area contributed by atoms with Crippen molar-refractivity contribution in [2.75, 3.05) is 11.9 Å². The molecule has 2 aromatic rings. The van der Waals surface area contributed by atoms with Gasteiger partial charge in [-0.05, 0) is 48.9 Å². The van der Waals surface area contributed by atoms with Gasteiger partial charge in [0.05, 0.1) is 11.6 Å². The summed E-state index contributed by atoms with van der Waals surface area (Å²) in [6.45, 7) is 1.20. The molecule has 27 heavy (non-hydrogen) atoms. The minimum absolute atomic E-state index is 0.408. The lowest BCUT2D eigenvalue weighted by molar-refractivity contribution is -0.133. The van der Waals surface area contributed by atoms with E-state index in [1.54, 1.807) is 49.4 Å². The first kappa shape index (κ1) is 18.6. The molecule has 0 unspecified atom stereocenters. The summed E-state index contributed by atoms with van der Waals surface area (Å²) >= 11 is 3.35. The van der Waals surface area contributed by atoms with Crippen molar-refractivity contribution in [3.63, 3.8) is 0 Å². The number of anilines is 1. The van der Waals surface area contributed by atoms with E-state index in [4.69, 9.17) is 5.26 Å². The molecule has 0 spiro atoms. The number of hydrogen-bond donors (Lipinski definition) is 2. The molecule has 1 saturated heterocycles. The Kier molecular flexibility index (Phi) is 4.97. The molecule has 0 saturated carbocycles. The van der Waals surface area contributed by atoms with Crippen LogP contribution >= 0.6 is 15.9 Å². The Morgan fingerprint density at radius 2 is 1.96 bits per heavy atom. The van der Waals surface area contributed by atoms with Crippen LogP contribution in [0, 0.1) is 11.3 Å². The van der Waals surface area contributed by atoms with Crippen LogP contribution in [-0.4, -0.2) is 29.3 Å².